The lowest BCUT2D eigenvalue weighted by Gasteiger charge is -2.23. The first kappa shape index (κ1) is 16.4. The highest BCUT2D eigenvalue weighted by molar-refractivity contribution is 5.94. The Morgan fingerprint density at radius 1 is 1.00 bits per heavy atom. The van der Waals surface area contributed by atoms with Crippen molar-refractivity contribution in [1.29, 1.82) is 0 Å². The van der Waals surface area contributed by atoms with Crippen molar-refractivity contribution in [2.24, 2.45) is 0 Å². The van der Waals surface area contributed by atoms with Crippen LogP contribution in [0.4, 0.5) is 0 Å². The first-order valence-electron chi connectivity index (χ1n) is 8.52. The summed E-state index contributed by atoms with van der Waals surface area (Å²) < 4.78 is 2.01. The van der Waals surface area contributed by atoms with E-state index in [1.807, 2.05) is 53.4 Å². The zero-order valence-corrected chi connectivity index (χ0v) is 13.9. The highest BCUT2D eigenvalue weighted by Crippen LogP contribution is 2.10. The Bertz CT molecular complexity index is 702. The van der Waals surface area contributed by atoms with Crippen molar-refractivity contribution in [3.05, 3.63) is 54.4 Å². The monoisotopic (exact) mass is 321 g/mol. The van der Waals surface area contributed by atoms with Gasteiger partial charge >= 0.3 is 0 Å². The molecule has 0 radical (unpaired) electrons. The molecule has 0 aliphatic carbocycles. The molecule has 3 rings (SSSR count). The molecule has 1 N–H and O–H groups in total. The smallest absolute Gasteiger partial charge is 0.252 e. The lowest BCUT2D eigenvalue weighted by atomic mass is 10.1. The van der Waals surface area contributed by atoms with Gasteiger partial charge in [-0.05, 0) is 62.3 Å². The zero-order chi connectivity index (χ0) is 16.6. The molecule has 0 bridgehead atoms. The van der Waals surface area contributed by atoms with Crippen molar-refractivity contribution in [2.75, 3.05) is 26.2 Å². The summed E-state index contributed by atoms with van der Waals surface area (Å²) in [6.45, 7) is 3.50. The molecular formula is C20H23N3O. The number of amides is 1. The van der Waals surface area contributed by atoms with Crippen LogP contribution in [0.2, 0.25) is 0 Å². The fourth-order valence-corrected chi connectivity index (χ4v) is 2.87. The Hall–Kier alpha value is -2.51. The lowest BCUT2D eigenvalue weighted by molar-refractivity contribution is 0.0958. The predicted molar refractivity (Wildman–Crippen MR) is 96.2 cm³/mol. The number of hydrogen-bond donors (Lipinski definition) is 1. The summed E-state index contributed by atoms with van der Waals surface area (Å²) in [5, 5.41) is 2.85. The number of likely N-dealkylation sites (tertiary alicyclic amines) is 1. The number of aromatic nitrogens is 1. The summed E-state index contributed by atoms with van der Waals surface area (Å²) in [6, 6.07) is 11.5. The van der Waals surface area contributed by atoms with E-state index in [9.17, 15) is 4.79 Å². The quantitative estimate of drug-likeness (QED) is 0.879. The van der Waals surface area contributed by atoms with E-state index in [2.05, 4.69) is 22.1 Å². The number of nitrogens with one attached hydrogen (secondary N) is 1. The van der Waals surface area contributed by atoms with Crippen LogP contribution in [0, 0.1) is 11.8 Å². The van der Waals surface area contributed by atoms with E-state index in [0.29, 0.717) is 12.1 Å². The summed E-state index contributed by atoms with van der Waals surface area (Å²) in [5.74, 6) is 6.10. The highest BCUT2D eigenvalue weighted by Gasteiger charge is 2.07. The molecule has 1 aromatic carbocycles. The normalized spacial score (nSPS) is 14.7. The molecule has 1 fully saturated rings. The second kappa shape index (κ2) is 8.37. The van der Waals surface area contributed by atoms with Crippen LogP contribution in [0.1, 0.15) is 29.6 Å². The van der Waals surface area contributed by atoms with Gasteiger partial charge in [0.15, 0.2) is 0 Å². The van der Waals surface area contributed by atoms with Crippen molar-refractivity contribution in [1.82, 2.24) is 14.8 Å². The van der Waals surface area contributed by atoms with E-state index < -0.39 is 0 Å². The molecule has 4 nitrogen and oxygen atoms in total. The average molecular weight is 321 g/mol. The molecular weight excluding hydrogens is 298 g/mol. The molecule has 2 aromatic rings. The van der Waals surface area contributed by atoms with Crippen molar-refractivity contribution in [3.63, 3.8) is 0 Å². The van der Waals surface area contributed by atoms with Crippen LogP contribution < -0.4 is 5.32 Å². The molecule has 124 valence electrons. The minimum Gasteiger partial charge on any atom is -0.341 e. The maximum absolute atomic E-state index is 12.1. The second-order valence-corrected chi connectivity index (χ2v) is 6.01. The molecule has 1 aromatic heterocycles. The number of hydrogen-bond acceptors (Lipinski definition) is 2. The van der Waals surface area contributed by atoms with Crippen molar-refractivity contribution in [3.8, 4) is 17.5 Å². The molecule has 24 heavy (non-hydrogen) atoms. The van der Waals surface area contributed by atoms with E-state index in [4.69, 9.17) is 0 Å². The van der Waals surface area contributed by atoms with Crippen molar-refractivity contribution in [2.45, 2.75) is 19.3 Å². The number of carbonyl (C=O) groups is 1. The van der Waals surface area contributed by atoms with E-state index in [1.54, 1.807) is 0 Å². The molecule has 1 amide bonds. The molecule has 0 unspecified atom stereocenters. The third-order valence-corrected chi connectivity index (χ3v) is 4.25. The summed E-state index contributed by atoms with van der Waals surface area (Å²) in [6.07, 6.45) is 7.85. The van der Waals surface area contributed by atoms with Crippen LogP contribution in [0.15, 0.2) is 48.8 Å². The summed E-state index contributed by atoms with van der Waals surface area (Å²) in [5.41, 5.74) is 1.70. The summed E-state index contributed by atoms with van der Waals surface area (Å²) in [4.78, 5) is 14.5. The van der Waals surface area contributed by atoms with Gasteiger partial charge in [-0.1, -0.05) is 18.3 Å². The van der Waals surface area contributed by atoms with Gasteiger partial charge < -0.3 is 9.88 Å². The second-order valence-electron chi connectivity index (χ2n) is 6.01. The van der Waals surface area contributed by atoms with Gasteiger partial charge in [0.1, 0.15) is 0 Å². The number of carbonyl (C=O) groups excluding carboxylic acids is 1. The van der Waals surface area contributed by atoms with Crippen molar-refractivity contribution >= 4 is 5.91 Å². The van der Waals surface area contributed by atoms with E-state index in [1.165, 1.54) is 19.3 Å². The van der Waals surface area contributed by atoms with E-state index >= 15 is 0 Å². The fourth-order valence-electron chi connectivity index (χ4n) is 2.87. The molecule has 4 heteroatoms. The van der Waals surface area contributed by atoms with Gasteiger partial charge in [0.2, 0.25) is 0 Å². The number of piperidine rings is 1. The van der Waals surface area contributed by atoms with Gasteiger partial charge in [-0.15, -0.1) is 0 Å². The predicted octanol–water partition coefficient (Wildman–Crippen LogP) is 2.70. The Labute approximate surface area is 143 Å². The van der Waals surface area contributed by atoms with Crippen LogP contribution in [-0.4, -0.2) is 41.6 Å². The molecule has 0 saturated carbocycles. The molecule has 2 heterocycles. The van der Waals surface area contributed by atoms with Gasteiger partial charge in [-0.3, -0.25) is 9.69 Å². The standard InChI is InChI=1S/C20H23N3O/c24-20(21-12-2-5-15-22-13-3-1-4-14-22)18-8-10-19(11-9-18)23-16-6-7-17-23/h6-11,16-17H,1,3-4,12-15H2,(H,21,24). The number of nitrogens with zero attached hydrogens (tertiary/aromatic N) is 2. The minimum absolute atomic E-state index is 0.0821. The summed E-state index contributed by atoms with van der Waals surface area (Å²) >= 11 is 0. The molecule has 1 saturated heterocycles. The number of rotatable bonds is 4. The average Bonchev–Trinajstić information content (AvgIpc) is 3.17. The molecule has 1 aliphatic heterocycles. The largest absolute Gasteiger partial charge is 0.341 e. The Morgan fingerprint density at radius 3 is 2.42 bits per heavy atom. The van der Waals surface area contributed by atoms with Crippen molar-refractivity contribution < 1.29 is 4.79 Å². The molecule has 0 atom stereocenters. The maximum atomic E-state index is 12.1. The van der Waals surface area contributed by atoms with Crippen LogP contribution in [0.5, 0.6) is 0 Å². The maximum Gasteiger partial charge on any atom is 0.252 e. The zero-order valence-electron chi connectivity index (χ0n) is 13.9. The minimum atomic E-state index is -0.0821. The Kier molecular flexibility index (Phi) is 5.70. The van der Waals surface area contributed by atoms with Gasteiger partial charge in [0.05, 0.1) is 13.1 Å². The van der Waals surface area contributed by atoms with Gasteiger partial charge in [-0.25, -0.2) is 0 Å². The third kappa shape index (κ3) is 4.50. The topological polar surface area (TPSA) is 37.3 Å². The fraction of sp³-hybridized carbons (Fsp3) is 0.350. The first-order valence-corrected chi connectivity index (χ1v) is 8.52. The Morgan fingerprint density at radius 2 is 1.71 bits per heavy atom. The highest BCUT2D eigenvalue weighted by atomic mass is 16.1. The van der Waals surface area contributed by atoms with Crippen LogP contribution >= 0.6 is 0 Å². The van der Waals surface area contributed by atoms with Crippen LogP contribution in [0.25, 0.3) is 5.69 Å². The van der Waals surface area contributed by atoms with Crippen LogP contribution in [-0.2, 0) is 0 Å². The summed E-state index contributed by atoms with van der Waals surface area (Å²) in [7, 11) is 0. The van der Waals surface area contributed by atoms with Gasteiger partial charge in [0.25, 0.3) is 5.91 Å². The van der Waals surface area contributed by atoms with Gasteiger partial charge in [0, 0.05) is 23.6 Å². The first-order chi connectivity index (χ1) is 11.8. The third-order valence-electron chi connectivity index (χ3n) is 4.25. The SMILES string of the molecule is O=C(NCC#CCN1CCCCC1)c1ccc(-n2cccc2)cc1. The molecule has 1 aliphatic rings. The van der Waals surface area contributed by atoms with E-state index in [0.717, 1.165) is 25.3 Å². The van der Waals surface area contributed by atoms with Crippen LogP contribution in [0.3, 0.4) is 0 Å². The Balaban J connectivity index is 1.45. The lowest BCUT2D eigenvalue weighted by Crippen LogP contribution is -2.30. The van der Waals surface area contributed by atoms with Gasteiger partial charge in [-0.2, -0.15) is 0 Å². The van der Waals surface area contributed by atoms with E-state index in [-0.39, 0.29) is 5.91 Å². The number of benzene rings is 1. The molecule has 0 spiro atoms.